The van der Waals surface area contributed by atoms with Crippen molar-refractivity contribution in [3.05, 3.63) is 77.3 Å². The van der Waals surface area contributed by atoms with Gasteiger partial charge in [0, 0.05) is 17.3 Å². The van der Waals surface area contributed by atoms with E-state index < -0.39 is 9.84 Å². The number of rotatable bonds is 7. The first kappa shape index (κ1) is 20.8. The fourth-order valence-electron chi connectivity index (χ4n) is 3.46. The Morgan fingerprint density at radius 2 is 1.69 bits per heavy atom. The number of anilines is 2. The summed E-state index contributed by atoms with van der Waals surface area (Å²) in [6.07, 6.45) is 0. The van der Waals surface area contributed by atoms with Crippen molar-refractivity contribution < 1.29 is 13.2 Å². The Kier molecular flexibility index (Phi) is 5.50. The zero-order valence-electron chi connectivity index (χ0n) is 17.0. The topological polar surface area (TPSA) is 96.1 Å². The van der Waals surface area contributed by atoms with Gasteiger partial charge in [-0.25, -0.2) is 13.4 Å². The van der Waals surface area contributed by atoms with E-state index in [9.17, 15) is 8.42 Å². The minimum atomic E-state index is -3.58. The lowest BCUT2D eigenvalue weighted by Gasteiger charge is -2.27. The van der Waals surface area contributed by atoms with Crippen molar-refractivity contribution in [1.29, 1.82) is 0 Å². The van der Waals surface area contributed by atoms with Gasteiger partial charge in [-0.05, 0) is 60.2 Å². The lowest BCUT2D eigenvalue weighted by Crippen LogP contribution is -2.40. The van der Waals surface area contributed by atoms with E-state index in [1.807, 2.05) is 18.2 Å². The third-order valence-corrected chi connectivity index (χ3v) is 7.35. The molecule has 1 saturated heterocycles. The SMILES string of the molecule is O=S(=O)(c1ccc(Cl)cc1)c1ccc(CNc2nc3cc(NC4COC4)ccc3[nH]2)cc1. The van der Waals surface area contributed by atoms with Crippen molar-refractivity contribution in [3.8, 4) is 0 Å². The van der Waals surface area contributed by atoms with Gasteiger partial charge in [-0.15, -0.1) is 0 Å². The van der Waals surface area contributed by atoms with Crippen LogP contribution in [0.1, 0.15) is 5.56 Å². The van der Waals surface area contributed by atoms with Crippen LogP contribution in [0.15, 0.2) is 76.5 Å². The van der Waals surface area contributed by atoms with Crippen molar-refractivity contribution in [1.82, 2.24) is 9.97 Å². The molecular weight excluding hydrogens is 448 g/mol. The van der Waals surface area contributed by atoms with Crippen LogP contribution >= 0.6 is 11.6 Å². The predicted octanol–water partition coefficient (Wildman–Crippen LogP) is 4.47. The van der Waals surface area contributed by atoms with Crippen LogP contribution in [0.25, 0.3) is 11.0 Å². The second kappa shape index (κ2) is 8.46. The van der Waals surface area contributed by atoms with Crippen molar-refractivity contribution in [3.63, 3.8) is 0 Å². The van der Waals surface area contributed by atoms with Gasteiger partial charge >= 0.3 is 0 Å². The molecule has 3 aromatic carbocycles. The van der Waals surface area contributed by atoms with Gasteiger partial charge in [0.05, 0.1) is 40.1 Å². The van der Waals surface area contributed by atoms with Gasteiger partial charge in [0.2, 0.25) is 15.8 Å². The summed E-state index contributed by atoms with van der Waals surface area (Å²) in [5.41, 5.74) is 3.75. The van der Waals surface area contributed by atoms with Crippen LogP contribution in [-0.2, 0) is 21.1 Å². The van der Waals surface area contributed by atoms with Gasteiger partial charge < -0.3 is 20.4 Å². The summed E-state index contributed by atoms with van der Waals surface area (Å²) in [6, 6.07) is 19.3. The molecule has 0 spiro atoms. The van der Waals surface area contributed by atoms with E-state index in [1.165, 1.54) is 12.1 Å². The Labute approximate surface area is 190 Å². The maximum Gasteiger partial charge on any atom is 0.206 e. The molecule has 9 heteroatoms. The predicted molar refractivity (Wildman–Crippen MR) is 125 cm³/mol. The molecule has 5 rings (SSSR count). The first-order valence-corrected chi connectivity index (χ1v) is 12.0. The minimum absolute atomic E-state index is 0.216. The van der Waals surface area contributed by atoms with Gasteiger partial charge in [0.1, 0.15) is 0 Å². The summed E-state index contributed by atoms with van der Waals surface area (Å²) in [6.45, 7) is 1.96. The number of nitrogens with one attached hydrogen (secondary N) is 3. The smallest absolute Gasteiger partial charge is 0.206 e. The number of benzene rings is 3. The first-order chi connectivity index (χ1) is 15.5. The van der Waals surface area contributed by atoms with E-state index in [0.29, 0.717) is 23.6 Å². The number of nitrogens with zero attached hydrogens (tertiary/aromatic N) is 1. The molecule has 1 fully saturated rings. The fourth-order valence-corrected chi connectivity index (χ4v) is 4.84. The van der Waals surface area contributed by atoms with E-state index in [-0.39, 0.29) is 9.79 Å². The second-order valence-electron chi connectivity index (χ2n) is 7.65. The zero-order chi connectivity index (χ0) is 22.1. The largest absolute Gasteiger partial charge is 0.378 e. The molecule has 0 amide bonds. The molecule has 4 aromatic rings. The minimum Gasteiger partial charge on any atom is -0.378 e. The molecule has 3 N–H and O–H groups in total. The molecule has 0 aliphatic carbocycles. The van der Waals surface area contributed by atoms with Crippen molar-refractivity contribution in [2.45, 2.75) is 22.4 Å². The number of aromatic nitrogens is 2. The Morgan fingerprint density at radius 3 is 2.34 bits per heavy atom. The van der Waals surface area contributed by atoms with Crippen LogP contribution in [-0.4, -0.2) is 37.6 Å². The summed E-state index contributed by atoms with van der Waals surface area (Å²) in [7, 11) is -3.58. The highest BCUT2D eigenvalue weighted by atomic mass is 35.5. The van der Waals surface area contributed by atoms with Gasteiger partial charge in [0.15, 0.2) is 0 Å². The number of sulfone groups is 1. The highest BCUT2D eigenvalue weighted by Crippen LogP contribution is 2.24. The van der Waals surface area contributed by atoms with Crippen molar-refractivity contribution in [2.75, 3.05) is 23.8 Å². The lowest BCUT2D eigenvalue weighted by atomic mass is 10.2. The van der Waals surface area contributed by atoms with Gasteiger partial charge in [-0.1, -0.05) is 23.7 Å². The van der Waals surface area contributed by atoms with Gasteiger partial charge in [0.25, 0.3) is 0 Å². The Hall–Kier alpha value is -3.07. The monoisotopic (exact) mass is 468 g/mol. The molecule has 0 radical (unpaired) electrons. The van der Waals surface area contributed by atoms with Crippen LogP contribution in [0.2, 0.25) is 5.02 Å². The number of halogens is 1. The molecule has 0 bridgehead atoms. The summed E-state index contributed by atoms with van der Waals surface area (Å²) in [5.74, 6) is 0.655. The van der Waals surface area contributed by atoms with E-state index in [1.54, 1.807) is 36.4 Å². The molecule has 0 atom stereocenters. The Bertz CT molecular complexity index is 1350. The van der Waals surface area contributed by atoms with Crippen LogP contribution in [0.4, 0.5) is 11.6 Å². The van der Waals surface area contributed by atoms with E-state index in [0.717, 1.165) is 35.5 Å². The molecule has 2 heterocycles. The fraction of sp³-hybridized carbons (Fsp3) is 0.174. The molecule has 7 nitrogen and oxygen atoms in total. The number of hydrogen-bond donors (Lipinski definition) is 3. The second-order valence-corrected chi connectivity index (χ2v) is 10.0. The summed E-state index contributed by atoms with van der Waals surface area (Å²) >= 11 is 5.86. The molecule has 0 saturated carbocycles. The number of fused-ring (bicyclic) bond motifs is 1. The molecule has 164 valence electrons. The molecule has 1 aromatic heterocycles. The third-order valence-electron chi connectivity index (χ3n) is 5.31. The molecule has 32 heavy (non-hydrogen) atoms. The van der Waals surface area contributed by atoms with Gasteiger partial charge in [-0.3, -0.25) is 0 Å². The Balaban J connectivity index is 1.25. The van der Waals surface area contributed by atoms with Crippen molar-refractivity contribution >= 4 is 44.1 Å². The molecule has 0 unspecified atom stereocenters. The lowest BCUT2D eigenvalue weighted by molar-refractivity contribution is 0.0211. The third kappa shape index (κ3) is 4.29. The maximum absolute atomic E-state index is 12.8. The molecular formula is C23H21ClN4O3S. The van der Waals surface area contributed by atoms with Crippen LogP contribution < -0.4 is 10.6 Å². The summed E-state index contributed by atoms with van der Waals surface area (Å²) in [4.78, 5) is 8.31. The van der Waals surface area contributed by atoms with Crippen molar-refractivity contribution in [2.24, 2.45) is 0 Å². The molecule has 1 aliphatic heterocycles. The normalized spacial score (nSPS) is 14.3. The van der Waals surface area contributed by atoms with Crippen LogP contribution in [0.5, 0.6) is 0 Å². The van der Waals surface area contributed by atoms with Gasteiger partial charge in [-0.2, -0.15) is 0 Å². The van der Waals surface area contributed by atoms with E-state index in [2.05, 4.69) is 20.6 Å². The number of aromatic amines is 1. The standard InChI is InChI=1S/C23H21ClN4O3S/c24-16-3-8-20(9-4-16)32(29,30)19-6-1-15(2-7-19)12-25-23-27-21-10-5-17(11-22(21)28-23)26-18-13-31-14-18/h1-11,18,26H,12-14H2,(H2,25,27,28). The Morgan fingerprint density at radius 1 is 1.00 bits per heavy atom. The van der Waals surface area contributed by atoms with Crippen LogP contribution in [0, 0.1) is 0 Å². The summed E-state index contributed by atoms with van der Waals surface area (Å²) < 4.78 is 30.7. The molecule has 1 aliphatic rings. The van der Waals surface area contributed by atoms with Crippen LogP contribution in [0.3, 0.4) is 0 Å². The zero-order valence-corrected chi connectivity index (χ0v) is 18.6. The number of hydrogen-bond acceptors (Lipinski definition) is 6. The number of ether oxygens (including phenoxy) is 1. The highest BCUT2D eigenvalue weighted by molar-refractivity contribution is 7.91. The average molecular weight is 469 g/mol. The van der Waals surface area contributed by atoms with E-state index in [4.69, 9.17) is 16.3 Å². The van der Waals surface area contributed by atoms with E-state index >= 15 is 0 Å². The summed E-state index contributed by atoms with van der Waals surface area (Å²) in [5, 5.41) is 7.17. The number of H-pyrrole nitrogens is 1. The maximum atomic E-state index is 12.8. The average Bonchev–Trinajstić information content (AvgIpc) is 3.18. The highest BCUT2D eigenvalue weighted by Gasteiger charge is 2.18. The quantitative estimate of drug-likeness (QED) is 0.370. The first-order valence-electron chi connectivity index (χ1n) is 10.1. The number of imidazole rings is 1.